The largest absolute Gasteiger partial charge is 0.382 e. The van der Waals surface area contributed by atoms with Crippen LogP contribution in [-0.2, 0) is 9.47 Å². The van der Waals surface area contributed by atoms with E-state index in [9.17, 15) is 0 Å². The lowest BCUT2D eigenvalue weighted by Gasteiger charge is -2.26. The lowest BCUT2D eigenvalue weighted by atomic mass is 10.2. The minimum atomic E-state index is 0.355. The molecule has 4 nitrogen and oxygen atoms in total. The second kappa shape index (κ2) is 9.53. The van der Waals surface area contributed by atoms with Gasteiger partial charge in [-0.15, -0.1) is 0 Å². The van der Waals surface area contributed by atoms with Crippen LogP contribution in [0.15, 0.2) is 0 Å². The van der Waals surface area contributed by atoms with Gasteiger partial charge in [-0.25, -0.2) is 0 Å². The Morgan fingerprint density at radius 1 is 1.50 bits per heavy atom. The number of nitrogens with one attached hydrogen (secondary N) is 1. The molecule has 0 radical (unpaired) electrons. The summed E-state index contributed by atoms with van der Waals surface area (Å²) < 4.78 is 10.9. The van der Waals surface area contributed by atoms with Crippen LogP contribution in [0.3, 0.4) is 0 Å². The summed E-state index contributed by atoms with van der Waals surface area (Å²) >= 11 is 5.41. The lowest BCUT2D eigenvalue weighted by molar-refractivity contribution is 0.0920. The molecule has 1 heterocycles. The van der Waals surface area contributed by atoms with Crippen LogP contribution in [0, 0.1) is 0 Å². The normalized spacial score (nSPS) is 18.9. The highest BCUT2D eigenvalue weighted by molar-refractivity contribution is 7.80. The predicted molar refractivity (Wildman–Crippen MR) is 77.9 cm³/mol. The van der Waals surface area contributed by atoms with E-state index in [-0.39, 0.29) is 0 Å². The maximum absolute atomic E-state index is 5.64. The number of thiocarbonyl (C=S) groups is 1. The molecule has 1 rings (SSSR count). The zero-order valence-corrected chi connectivity index (χ0v) is 12.4. The Kier molecular flexibility index (Phi) is 8.29. The van der Waals surface area contributed by atoms with Gasteiger partial charge >= 0.3 is 0 Å². The van der Waals surface area contributed by atoms with E-state index in [1.165, 1.54) is 6.42 Å². The topological polar surface area (TPSA) is 33.7 Å². The number of rotatable bonds is 8. The van der Waals surface area contributed by atoms with Crippen LogP contribution in [-0.4, -0.2) is 55.6 Å². The van der Waals surface area contributed by atoms with Gasteiger partial charge in [0, 0.05) is 39.5 Å². The van der Waals surface area contributed by atoms with Crippen molar-refractivity contribution in [3.63, 3.8) is 0 Å². The van der Waals surface area contributed by atoms with Crippen LogP contribution in [0.25, 0.3) is 0 Å². The molecule has 1 fully saturated rings. The molecule has 106 valence electrons. The summed E-state index contributed by atoms with van der Waals surface area (Å²) in [6.07, 6.45) is 3.68. The summed E-state index contributed by atoms with van der Waals surface area (Å²) in [7, 11) is 0. The zero-order valence-electron chi connectivity index (χ0n) is 11.6. The van der Waals surface area contributed by atoms with Gasteiger partial charge in [-0.05, 0) is 45.3 Å². The average molecular weight is 274 g/mol. The van der Waals surface area contributed by atoms with Crippen molar-refractivity contribution in [2.24, 2.45) is 0 Å². The second-order valence-corrected chi connectivity index (χ2v) is 4.84. The fourth-order valence-electron chi connectivity index (χ4n) is 2.02. The van der Waals surface area contributed by atoms with Gasteiger partial charge in [-0.1, -0.05) is 0 Å². The summed E-state index contributed by atoms with van der Waals surface area (Å²) in [5.74, 6) is 0. The van der Waals surface area contributed by atoms with Gasteiger partial charge in [0.1, 0.15) is 0 Å². The molecule has 0 aromatic carbocycles. The fourth-order valence-corrected chi connectivity index (χ4v) is 2.32. The summed E-state index contributed by atoms with van der Waals surface area (Å²) in [6.45, 7) is 9.33. The minimum Gasteiger partial charge on any atom is -0.382 e. The number of ether oxygens (including phenoxy) is 2. The zero-order chi connectivity index (χ0) is 13.2. The predicted octanol–water partition coefficient (Wildman–Crippen LogP) is 1.79. The number of likely N-dealkylation sites (N-methyl/N-ethyl adjacent to an activating group) is 1. The molecule has 5 heteroatoms. The van der Waals surface area contributed by atoms with Crippen LogP contribution in [0.2, 0.25) is 0 Å². The van der Waals surface area contributed by atoms with Crippen LogP contribution < -0.4 is 5.32 Å². The third-order valence-electron chi connectivity index (χ3n) is 3.06. The van der Waals surface area contributed by atoms with E-state index in [2.05, 4.69) is 17.1 Å². The molecule has 1 N–H and O–H groups in total. The van der Waals surface area contributed by atoms with Gasteiger partial charge in [0.05, 0.1) is 6.10 Å². The average Bonchev–Trinajstić information content (AvgIpc) is 2.88. The second-order valence-electron chi connectivity index (χ2n) is 4.46. The third-order valence-corrected chi connectivity index (χ3v) is 3.47. The van der Waals surface area contributed by atoms with Crippen LogP contribution in [0.1, 0.15) is 33.1 Å². The highest BCUT2D eigenvalue weighted by Crippen LogP contribution is 2.13. The summed E-state index contributed by atoms with van der Waals surface area (Å²) in [4.78, 5) is 2.19. The fraction of sp³-hybridized carbons (Fsp3) is 0.923. The summed E-state index contributed by atoms with van der Waals surface area (Å²) in [5.41, 5.74) is 0. The standard InChI is InChI=1S/C13H26N2O2S/c1-3-15(11-12-7-5-10-17-12)13(18)14-8-6-9-16-4-2/h12H,3-11H2,1-2H3,(H,14,18). The number of nitrogens with zero attached hydrogens (tertiary/aromatic N) is 1. The molecule has 1 saturated heterocycles. The molecule has 1 unspecified atom stereocenters. The Bertz CT molecular complexity index is 233. The van der Waals surface area contributed by atoms with E-state index < -0.39 is 0 Å². The van der Waals surface area contributed by atoms with E-state index in [4.69, 9.17) is 21.7 Å². The first kappa shape index (κ1) is 15.7. The van der Waals surface area contributed by atoms with Crippen LogP contribution in [0.5, 0.6) is 0 Å². The molecule has 1 aliphatic heterocycles. The van der Waals surface area contributed by atoms with Gasteiger partial charge in [0.25, 0.3) is 0 Å². The van der Waals surface area contributed by atoms with Crippen LogP contribution in [0.4, 0.5) is 0 Å². The molecular formula is C13H26N2O2S. The molecular weight excluding hydrogens is 248 g/mol. The maximum atomic E-state index is 5.64. The van der Waals surface area contributed by atoms with E-state index in [1.54, 1.807) is 0 Å². The van der Waals surface area contributed by atoms with Crippen molar-refractivity contribution in [3.05, 3.63) is 0 Å². The Morgan fingerprint density at radius 3 is 2.94 bits per heavy atom. The Labute approximate surface area is 116 Å². The summed E-state index contributed by atoms with van der Waals surface area (Å²) in [6, 6.07) is 0. The van der Waals surface area contributed by atoms with E-state index in [1.807, 2.05) is 6.92 Å². The van der Waals surface area contributed by atoms with E-state index >= 15 is 0 Å². The van der Waals surface area contributed by atoms with Gasteiger partial charge in [-0.3, -0.25) is 0 Å². The Hall–Kier alpha value is -0.390. The molecule has 18 heavy (non-hydrogen) atoms. The molecule has 0 aromatic rings. The molecule has 0 aliphatic carbocycles. The van der Waals surface area contributed by atoms with Gasteiger partial charge in [0.15, 0.2) is 5.11 Å². The number of hydrogen-bond donors (Lipinski definition) is 1. The highest BCUT2D eigenvalue weighted by Gasteiger charge is 2.19. The molecule has 0 spiro atoms. The van der Waals surface area contributed by atoms with E-state index in [0.29, 0.717) is 6.10 Å². The Balaban J connectivity index is 2.15. The first-order valence-electron chi connectivity index (χ1n) is 7.00. The van der Waals surface area contributed by atoms with Gasteiger partial charge in [0.2, 0.25) is 0 Å². The molecule has 0 aromatic heterocycles. The van der Waals surface area contributed by atoms with Gasteiger partial charge in [-0.2, -0.15) is 0 Å². The quantitative estimate of drug-likeness (QED) is 0.539. The molecule has 1 aliphatic rings. The van der Waals surface area contributed by atoms with Gasteiger partial charge < -0.3 is 19.7 Å². The van der Waals surface area contributed by atoms with Crippen molar-refractivity contribution in [1.29, 1.82) is 0 Å². The SMILES string of the molecule is CCOCCCNC(=S)N(CC)CC1CCCO1. The van der Waals surface area contributed by atoms with Crippen molar-refractivity contribution in [2.45, 2.75) is 39.2 Å². The van der Waals surface area contributed by atoms with Crippen molar-refractivity contribution in [3.8, 4) is 0 Å². The minimum absolute atomic E-state index is 0.355. The van der Waals surface area contributed by atoms with Crippen molar-refractivity contribution in [1.82, 2.24) is 10.2 Å². The van der Waals surface area contributed by atoms with Crippen molar-refractivity contribution in [2.75, 3.05) is 39.5 Å². The number of hydrogen-bond acceptors (Lipinski definition) is 3. The Morgan fingerprint density at radius 2 is 2.33 bits per heavy atom. The maximum Gasteiger partial charge on any atom is 0.169 e. The summed E-state index contributed by atoms with van der Waals surface area (Å²) in [5, 5.41) is 4.13. The van der Waals surface area contributed by atoms with Crippen LogP contribution >= 0.6 is 12.2 Å². The molecule has 0 amide bonds. The highest BCUT2D eigenvalue weighted by atomic mass is 32.1. The first-order valence-corrected chi connectivity index (χ1v) is 7.40. The van der Waals surface area contributed by atoms with Crippen molar-refractivity contribution < 1.29 is 9.47 Å². The monoisotopic (exact) mass is 274 g/mol. The molecule has 1 atom stereocenters. The smallest absolute Gasteiger partial charge is 0.169 e. The third kappa shape index (κ3) is 5.98. The van der Waals surface area contributed by atoms with E-state index in [0.717, 1.165) is 57.4 Å². The lowest BCUT2D eigenvalue weighted by Crippen LogP contribution is -2.43. The first-order chi connectivity index (χ1) is 8.77. The molecule has 0 bridgehead atoms. The van der Waals surface area contributed by atoms with Crippen molar-refractivity contribution >= 4 is 17.3 Å². The molecule has 0 saturated carbocycles.